The maximum Gasteiger partial charge on any atom is 0.347 e. The number of primary amides is 1. The molecule has 0 spiro atoms. The van der Waals surface area contributed by atoms with Crippen molar-refractivity contribution in [2.75, 3.05) is 5.01 Å². The zero-order valence-corrected chi connectivity index (χ0v) is 17.3. The van der Waals surface area contributed by atoms with Crippen LogP contribution < -0.4 is 26.5 Å². The molecule has 0 aromatic heterocycles. The molecule has 6 N–H and O–H groups in total. The molecule has 1 aromatic carbocycles. The molecule has 0 saturated carbocycles. The first-order chi connectivity index (χ1) is 13.5. The number of hydrogen-bond acceptors (Lipinski definition) is 6. The second-order valence-corrected chi connectivity index (χ2v) is 7.00. The van der Waals surface area contributed by atoms with Crippen LogP contribution in [0.4, 0.5) is 10.5 Å². The third-order valence-corrected chi connectivity index (χ3v) is 4.68. The van der Waals surface area contributed by atoms with E-state index >= 15 is 0 Å². The zero-order valence-electron chi connectivity index (χ0n) is 15.8. The number of carbonyl (C=O) groups excluding carboxylic acids is 2. The van der Waals surface area contributed by atoms with E-state index in [-0.39, 0.29) is 50.4 Å². The van der Waals surface area contributed by atoms with E-state index < -0.39 is 11.9 Å². The monoisotopic (exact) mass is 438 g/mol. The smallest absolute Gasteiger partial charge is 0.347 e. The first-order valence-corrected chi connectivity index (χ1v) is 9.22. The summed E-state index contributed by atoms with van der Waals surface area (Å²) in [7, 11) is 0. The molecule has 1 heterocycles. The van der Waals surface area contributed by atoms with Gasteiger partial charge in [-0.1, -0.05) is 43.6 Å². The lowest BCUT2D eigenvalue weighted by molar-refractivity contribution is -0.115. The van der Waals surface area contributed by atoms with Gasteiger partial charge in [0.15, 0.2) is 11.6 Å². The summed E-state index contributed by atoms with van der Waals surface area (Å²) in [5.41, 5.74) is 11.7. The fourth-order valence-electron chi connectivity index (χ4n) is 2.36. The SMILES string of the molecule is C=C1NC(=O)N(c2cc(Cl)c(OC(=N)/C=C(\C(N)=O)[C@@H](C)CC)c(Cl)c2)N=C1N. The number of ether oxygens (including phenoxy) is 1. The number of nitrogens with one attached hydrogen (secondary N) is 2. The molecule has 1 aliphatic rings. The van der Waals surface area contributed by atoms with Gasteiger partial charge in [-0.15, -0.1) is 5.10 Å². The molecule has 9 nitrogen and oxygen atoms in total. The molecule has 0 saturated heterocycles. The topological polar surface area (TPSA) is 147 Å². The molecule has 11 heteroatoms. The average Bonchev–Trinajstić information content (AvgIpc) is 2.64. The number of nitrogens with two attached hydrogens (primary N) is 2. The molecular weight excluding hydrogens is 419 g/mol. The summed E-state index contributed by atoms with van der Waals surface area (Å²) in [6.45, 7) is 7.26. The van der Waals surface area contributed by atoms with Gasteiger partial charge in [-0.2, -0.15) is 5.01 Å². The minimum absolute atomic E-state index is 0.0146. The summed E-state index contributed by atoms with van der Waals surface area (Å²) in [4.78, 5) is 23.7. The molecule has 0 aliphatic carbocycles. The highest BCUT2D eigenvalue weighted by Gasteiger charge is 2.25. The lowest BCUT2D eigenvalue weighted by Crippen LogP contribution is -2.45. The predicted molar refractivity (Wildman–Crippen MR) is 113 cm³/mol. The van der Waals surface area contributed by atoms with E-state index in [0.717, 1.165) is 5.01 Å². The zero-order chi connectivity index (χ0) is 21.9. The normalized spacial score (nSPS) is 15.5. The number of benzene rings is 1. The second-order valence-electron chi connectivity index (χ2n) is 6.18. The standard InChI is InChI=1S/C18H20Cl2N6O3/c1-4-8(2)11(17(23)27)7-14(21)29-15-12(19)5-10(6-13(15)20)26-18(28)24-9(3)16(22)25-26/h5-8,21H,3-4H2,1-2H3,(H2,22,25)(H2,23,27)(H,24,28)/b11-7-,21-14?/t8-/m0/s1. The number of nitrogens with zero attached hydrogens (tertiary/aromatic N) is 2. The Morgan fingerprint density at radius 2 is 2.03 bits per heavy atom. The minimum atomic E-state index is -0.645. The highest BCUT2D eigenvalue weighted by atomic mass is 35.5. The van der Waals surface area contributed by atoms with Crippen LogP contribution in [0, 0.1) is 11.3 Å². The van der Waals surface area contributed by atoms with Crippen LogP contribution in [0.2, 0.25) is 10.0 Å². The van der Waals surface area contributed by atoms with E-state index in [1.165, 1.54) is 18.2 Å². The first-order valence-electron chi connectivity index (χ1n) is 8.46. The number of amides is 3. The van der Waals surface area contributed by atoms with Crippen LogP contribution in [-0.4, -0.2) is 23.7 Å². The Balaban J connectivity index is 2.33. The Morgan fingerprint density at radius 1 is 1.45 bits per heavy atom. The number of urea groups is 1. The van der Waals surface area contributed by atoms with Crippen LogP contribution in [-0.2, 0) is 4.79 Å². The van der Waals surface area contributed by atoms with Gasteiger partial charge in [-0.25, -0.2) is 4.79 Å². The maximum absolute atomic E-state index is 12.1. The highest BCUT2D eigenvalue weighted by molar-refractivity contribution is 6.38. The van der Waals surface area contributed by atoms with E-state index in [2.05, 4.69) is 17.0 Å². The summed E-state index contributed by atoms with van der Waals surface area (Å²) in [6.07, 6.45) is 1.89. The van der Waals surface area contributed by atoms with Crippen molar-refractivity contribution in [1.82, 2.24) is 5.32 Å². The number of hydrogen-bond donors (Lipinski definition) is 4. The third kappa shape index (κ3) is 5.07. The van der Waals surface area contributed by atoms with Crippen molar-refractivity contribution >= 4 is 52.6 Å². The van der Waals surface area contributed by atoms with Crippen molar-refractivity contribution in [2.45, 2.75) is 20.3 Å². The summed E-state index contributed by atoms with van der Waals surface area (Å²) in [5.74, 6) is -1.17. The molecule has 1 atom stereocenters. The minimum Gasteiger partial charge on any atom is -0.436 e. The van der Waals surface area contributed by atoms with Gasteiger partial charge < -0.3 is 21.5 Å². The number of carbonyl (C=O) groups is 2. The van der Waals surface area contributed by atoms with Gasteiger partial charge in [0.25, 0.3) is 0 Å². The number of hydrazone groups is 1. The molecule has 1 aliphatic heterocycles. The van der Waals surface area contributed by atoms with Gasteiger partial charge in [0.1, 0.15) is 0 Å². The lowest BCUT2D eigenvalue weighted by atomic mass is 9.97. The summed E-state index contributed by atoms with van der Waals surface area (Å²) in [5, 5.41) is 15.4. The largest absolute Gasteiger partial charge is 0.436 e. The summed E-state index contributed by atoms with van der Waals surface area (Å²) < 4.78 is 5.40. The van der Waals surface area contributed by atoms with Crippen molar-refractivity contribution in [3.05, 3.63) is 46.1 Å². The van der Waals surface area contributed by atoms with Gasteiger partial charge in [0.05, 0.1) is 21.4 Å². The fourth-order valence-corrected chi connectivity index (χ4v) is 2.91. The predicted octanol–water partition coefficient (Wildman–Crippen LogP) is 3.12. The molecule has 2 rings (SSSR count). The highest BCUT2D eigenvalue weighted by Crippen LogP contribution is 2.38. The van der Waals surface area contributed by atoms with Crippen LogP contribution in [0.5, 0.6) is 5.75 Å². The number of amidine groups is 1. The molecule has 29 heavy (non-hydrogen) atoms. The van der Waals surface area contributed by atoms with Crippen LogP contribution in [0.15, 0.2) is 41.2 Å². The molecule has 3 amide bonds. The molecule has 0 bridgehead atoms. The Labute approximate surface area is 177 Å². The van der Waals surface area contributed by atoms with Crippen LogP contribution in [0.3, 0.4) is 0 Å². The van der Waals surface area contributed by atoms with Gasteiger partial charge in [-0.3, -0.25) is 10.2 Å². The maximum atomic E-state index is 12.1. The Kier molecular flexibility index (Phi) is 6.89. The number of halogens is 2. The first kappa shape index (κ1) is 22.3. The summed E-state index contributed by atoms with van der Waals surface area (Å²) in [6, 6.07) is 2.14. The molecule has 0 fully saturated rings. The second kappa shape index (κ2) is 8.97. The molecular formula is C18H20Cl2N6O3. The van der Waals surface area contributed by atoms with Crippen LogP contribution in [0.1, 0.15) is 20.3 Å². The van der Waals surface area contributed by atoms with Gasteiger partial charge in [0, 0.05) is 11.6 Å². The molecule has 1 aromatic rings. The van der Waals surface area contributed by atoms with Crippen molar-refractivity contribution < 1.29 is 14.3 Å². The Morgan fingerprint density at radius 3 is 2.55 bits per heavy atom. The average molecular weight is 439 g/mol. The van der Waals surface area contributed by atoms with Crippen LogP contribution >= 0.6 is 23.2 Å². The van der Waals surface area contributed by atoms with Gasteiger partial charge >= 0.3 is 6.03 Å². The fraction of sp³-hybridized carbons (Fsp3) is 0.222. The Hall–Kier alpha value is -3.04. The number of anilines is 1. The summed E-state index contributed by atoms with van der Waals surface area (Å²) >= 11 is 12.5. The van der Waals surface area contributed by atoms with Crippen molar-refractivity contribution in [2.24, 2.45) is 22.5 Å². The van der Waals surface area contributed by atoms with Gasteiger partial charge in [0.2, 0.25) is 11.8 Å². The lowest BCUT2D eigenvalue weighted by Gasteiger charge is -2.24. The molecule has 0 radical (unpaired) electrons. The van der Waals surface area contributed by atoms with E-state index in [1.807, 2.05) is 13.8 Å². The van der Waals surface area contributed by atoms with Gasteiger partial charge in [-0.05, 0) is 24.5 Å². The Bertz CT molecular complexity index is 934. The van der Waals surface area contributed by atoms with Crippen molar-refractivity contribution in [3.8, 4) is 5.75 Å². The van der Waals surface area contributed by atoms with E-state index in [9.17, 15) is 9.59 Å². The van der Waals surface area contributed by atoms with E-state index in [4.69, 9.17) is 44.8 Å². The van der Waals surface area contributed by atoms with E-state index in [1.54, 1.807) is 0 Å². The van der Waals surface area contributed by atoms with Crippen molar-refractivity contribution in [3.63, 3.8) is 0 Å². The molecule has 0 unspecified atom stereocenters. The van der Waals surface area contributed by atoms with Crippen LogP contribution in [0.25, 0.3) is 0 Å². The van der Waals surface area contributed by atoms with E-state index in [0.29, 0.717) is 6.42 Å². The number of rotatable bonds is 6. The quantitative estimate of drug-likeness (QED) is 0.306. The third-order valence-electron chi connectivity index (χ3n) is 4.12. The van der Waals surface area contributed by atoms with Crippen molar-refractivity contribution in [1.29, 1.82) is 5.41 Å². The molecule has 154 valence electrons.